The molecular formula is C15H16FN2O4-. The van der Waals surface area contributed by atoms with Crippen LogP contribution < -0.4 is 5.32 Å². The highest BCUT2D eigenvalue weighted by molar-refractivity contribution is 5.95. The number of methoxy groups -OCH3 is 1. The Hall–Kier alpha value is -2.41. The second-order valence-electron chi connectivity index (χ2n) is 5.17. The summed E-state index contributed by atoms with van der Waals surface area (Å²) in [4.78, 5) is 24.0. The zero-order chi connectivity index (χ0) is 16.4. The molecule has 2 rings (SSSR count). The highest BCUT2D eigenvalue weighted by Gasteiger charge is 2.35. The minimum Gasteiger partial charge on any atom is -0.751 e. The van der Waals surface area contributed by atoms with Crippen LogP contribution >= 0.6 is 0 Å². The number of allylic oxidation sites excluding steroid dienone is 1. The molecule has 0 bridgehead atoms. The molecule has 0 spiro atoms. The molecule has 1 unspecified atom stereocenters. The Morgan fingerprint density at radius 1 is 1.36 bits per heavy atom. The lowest BCUT2D eigenvalue weighted by Gasteiger charge is -2.41. The van der Waals surface area contributed by atoms with Crippen LogP contribution in [0.25, 0.3) is 0 Å². The van der Waals surface area contributed by atoms with Gasteiger partial charge in [-0.2, -0.15) is 0 Å². The van der Waals surface area contributed by atoms with Gasteiger partial charge in [-0.05, 0) is 23.6 Å². The summed E-state index contributed by atoms with van der Waals surface area (Å²) in [7, 11) is 1.20. The second-order valence-corrected chi connectivity index (χ2v) is 5.17. The molecule has 0 aliphatic carbocycles. The SMILES string of the molecule is COC(=O)C1=C(C(C)C)N([O-])C(=O)NC1c1ccc(F)cc1. The Morgan fingerprint density at radius 3 is 2.45 bits per heavy atom. The summed E-state index contributed by atoms with van der Waals surface area (Å²) in [6.07, 6.45) is 0. The van der Waals surface area contributed by atoms with Crippen molar-refractivity contribution in [2.24, 2.45) is 5.92 Å². The van der Waals surface area contributed by atoms with E-state index in [2.05, 4.69) is 5.32 Å². The summed E-state index contributed by atoms with van der Waals surface area (Å²) in [5.74, 6) is -1.51. The first-order valence-electron chi connectivity index (χ1n) is 6.72. The Balaban J connectivity index is 2.62. The summed E-state index contributed by atoms with van der Waals surface area (Å²) in [6.45, 7) is 3.40. The molecular weight excluding hydrogens is 291 g/mol. The van der Waals surface area contributed by atoms with E-state index in [0.29, 0.717) is 5.56 Å². The Kier molecular flexibility index (Phi) is 4.46. The van der Waals surface area contributed by atoms with Crippen LogP contribution in [0.1, 0.15) is 25.5 Å². The molecule has 0 saturated carbocycles. The largest absolute Gasteiger partial charge is 0.751 e. The van der Waals surface area contributed by atoms with Crippen LogP contribution in [0.4, 0.5) is 9.18 Å². The number of benzene rings is 1. The van der Waals surface area contributed by atoms with E-state index < -0.39 is 23.9 Å². The first-order valence-corrected chi connectivity index (χ1v) is 6.72. The highest BCUT2D eigenvalue weighted by Crippen LogP contribution is 2.34. The smallest absolute Gasteiger partial charge is 0.337 e. The number of rotatable bonds is 3. The van der Waals surface area contributed by atoms with Gasteiger partial charge in [0.05, 0.1) is 18.7 Å². The number of esters is 1. The molecule has 0 saturated heterocycles. The van der Waals surface area contributed by atoms with Crippen molar-refractivity contribution < 1.29 is 18.7 Å². The number of carbonyl (C=O) groups is 2. The maximum atomic E-state index is 13.1. The van der Waals surface area contributed by atoms with Crippen molar-refractivity contribution >= 4 is 12.0 Å². The van der Waals surface area contributed by atoms with Gasteiger partial charge in [0.1, 0.15) is 5.82 Å². The van der Waals surface area contributed by atoms with Gasteiger partial charge in [0, 0.05) is 5.70 Å². The zero-order valence-electron chi connectivity index (χ0n) is 12.4. The molecule has 6 nitrogen and oxygen atoms in total. The van der Waals surface area contributed by atoms with E-state index in [1.165, 1.54) is 31.4 Å². The third kappa shape index (κ3) is 2.80. The van der Waals surface area contributed by atoms with Gasteiger partial charge in [0.15, 0.2) is 0 Å². The standard InChI is InChI=1S/C15H16FN2O4/c1-8(2)13-11(14(19)22-3)12(17-15(20)18(13)21)9-4-6-10(16)7-5-9/h4-8,12H,1-3H3,(H,17,20)/q-1. The number of amides is 2. The number of carbonyl (C=O) groups excluding carboxylic acids is 2. The van der Waals surface area contributed by atoms with Crippen molar-refractivity contribution in [3.05, 3.63) is 52.1 Å². The van der Waals surface area contributed by atoms with E-state index in [1.54, 1.807) is 13.8 Å². The second kappa shape index (κ2) is 6.15. The van der Waals surface area contributed by atoms with Gasteiger partial charge in [-0.1, -0.05) is 26.0 Å². The molecule has 1 heterocycles. The monoisotopic (exact) mass is 307 g/mol. The average molecular weight is 307 g/mol. The number of hydrogen-bond donors (Lipinski definition) is 1. The summed E-state index contributed by atoms with van der Waals surface area (Å²) in [6, 6.07) is 3.60. The van der Waals surface area contributed by atoms with Crippen molar-refractivity contribution in [1.29, 1.82) is 0 Å². The topological polar surface area (TPSA) is 81.7 Å². The predicted octanol–water partition coefficient (Wildman–Crippen LogP) is 2.47. The van der Waals surface area contributed by atoms with Gasteiger partial charge >= 0.3 is 12.0 Å². The first kappa shape index (κ1) is 16.0. The lowest BCUT2D eigenvalue weighted by Crippen LogP contribution is -2.47. The minimum absolute atomic E-state index is 0.0462. The van der Waals surface area contributed by atoms with Gasteiger partial charge < -0.3 is 20.3 Å². The van der Waals surface area contributed by atoms with Crippen LogP contribution in [0.5, 0.6) is 0 Å². The summed E-state index contributed by atoms with van der Waals surface area (Å²) < 4.78 is 17.8. The number of halogens is 1. The Labute approximate surface area is 127 Å². The quantitative estimate of drug-likeness (QED) is 0.870. The Bertz CT molecular complexity index is 625. The number of nitrogens with one attached hydrogen (secondary N) is 1. The predicted molar refractivity (Wildman–Crippen MR) is 76.8 cm³/mol. The molecule has 1 aliphatic heterocycles. The fourth-order valence-electron chi connectivity index (χ4n) is 2.40. The van der Waals surface area contributed by atoms with E-state index in [9.17, 15) is 19.2 Å². The minimum atomic E-state index is -0.870. The molecule has 0 fully saturated rings. The first-order chi connectivity index (χ1) is 10.4. The van der Waals surface area contributed by atoms with Gasteiger partial charge in [0.25, 0.3) is 0 Å². The van der Waals surface area contributed by atoms with E-state index >= 15 is 0 Å². The van der Waals surface area contributed by atoms with Gasteiger partial charge in [-0.25, -0.2) is 14.0 Å². The zero-order valence-corrected chi connectivity index (χ0v) is 12.4. The number of ether oxygens (including phenoxy) is 1. The van der Waals surface area contributed by atoms with Crippen molar-refractivity contribution in [2.75, 3.05) is 7.11 Å². The number of hydroxylamine groups is 2. The molecule has 0 radical (unpaired) electrons. The van der Waals surface area contributed by atoms with Crippen LogP contribution in [0.15, 0.2) is 35.5 Å². The van der Waals surface area contributed by atoms with Crippen LogP contribution in [0.3, 0.4) is 0 Å². The number of hydrogen-bond acceptors (Lipinski definition) is 4. The highest BCUT2D eigenvalue weighted by atomic mass is 19.1. The molecule has 0 aromatic heterocycles. The van der Waals surface area contributed by atoms with Crippen molar-refractivity contribution in [1.82, 2.24) is 10.4 Å². The van der Waals surface area contributed by atoms with E-state index in [1.807, 2.05) is 0 Å². The fourth-order valence-corrected chi connectivity index (χ4v) is 2.40. The van der Waals surface area contributed by atoms with Gasteiger partial charge in [-0.3, -0.25) is 0 Å². The van der Waals surface area contributed by atoms with Crippen molar-refractivity contribution in [3.8, 4) is 0 Å². The lowest BCUT2D eigenvalue weighted by atomic mass is 9.91. The van der Waals surface area contributed by atoms with Crippen LogP contribution in [0.2, 0.25) is 0 Å². The maximum absolute atomic E-state index is 13.1. The van der Waals surface area contributed by atoms with Crippen molar-refractivity contribution in [2.45, 2.75) is 19.9 Å². The molecule has 7 heteroatoms. The molecule has 1 aliphatic rings. The molecule has 22 heavy (non-hydrogen) atoms. The summed E-state index contributed by atoms with van der Waals surface area (Å²) in [5.41, 5.74) is 0.588. The van der Waals surface area contributed by atoms with E-state index in [0.717, 1.165) is 0 Å². The average Bonchev–Trinajstić information content (AvgIpc) is 2.49. The molecule has 1 aromatic carbocycles. The molecule has 1 aromatic rings. The lowest BCUT2D eigenvalue weighted by molar-refractivity contribution is -0.136. The number of nitrogens with zero attached hydrogens (tertiary/aromatic N) is 1. The van der Waals surface area contributed by atoms with Crippen molar-refractivity contribution in [3.63, 3.8) is 0 Å². The maximum Gasteiger partial charge on any atom is 0.337 e. The fraction of sp³-hybridized carbons (Fsp3) is 0.333. The third-order valence-corrected chi connectivity index (χ3v) is 3.39. The Morgan fingerprint density at radius 2 is 1.95 bits per heavy atom. The normalized spacial score (nSPS) is 18.5. The molecule has 118 valence electrons. The molecule has 1 atom stereocenters. The van der Waals surface area contributed by atoms with Gasteiger partial charge in [0.2, 0.25) is 0 Å². The van der Waals surface area contributed by atoms with Gasteiger partial charge in [-0.15, -0.1) is 0 Å². The summed E-state index contributed by atoms with van der Waals surface area (Å²) in [5, 5.41) is 14.6. The molecule has 2 amide bonds. The third-order valence-electron chi connectivity index (χ3n) is 3.39. The van der Waals surface area contributed by atoms with Crippen LogP contribution in [0, 0.1) is 16.9 Å². The van der Waals surface area contributed by atoms with E-state index in [4.69, 9.17) is 4.74 Å². The van der Waals surface area contributed by atoms with E-state index in [-0.39, 0.29) is 22.3 Å². The van der Waals surface area contributed by atoms with Crippen LogP contribution in [-0.2, 0) is 9.53 Å². The summed E-state index contributed by atoms with van der Waals surface area (Å²) >= 11 is 0. The molecule has 1 N–H and O–H groups in total. The van der Waals surface area contributed by atoms with Crippen LogP contribution in [-0.4, -0.2) is 24.2 Å². The number of urea groups is 1.